The molecule has 3 rings (SSSR count). The van der Waals surface area contributed by atoms with E-state index in [-0.39, 0.29) is 16.6 Å². The van der Waals surface area contributed by atoms with Gasteiger partial charge in [0.1, 0.15) is 21.5 Å². The van der Waals surface area contributed by atoms with Crippen LogP contribution in [0.3, 0.4) is 0 Å². The fraction of sp³-hybridized carbons (Fsp3) is 0.381. The fourth-order valence-corrected chi connectivity index (χ4v) is 4.11. The number of thiazole rings is 1. The van der Waals surface area contributed by atoms with Gasteiger partial charge < -0.3 is 20.3 Å². The summed E-state index contributed by atoms with van der Waals surface area (Å²) < 4.78 is 44.3. The molecule has 9 nitrogen and oxygen atoms in total. The first kappa shape index (κ1) is 26.6. The predicted molar refractivity (Wildman–Crippen MR) is 126 cm³/mol. The summed E-state index contributed by atoms with van der Waals surface area (Å²) >= 11 is 6.54. The number of nitrogens with zero attached hydrogens (tertiary/aromatic N) is 4. The molecule has 0 aliphatic carbocycles. The lowest BCUT2D eigenvalue weighted by Gasteiger charge is -2.28. The summed E-state index contributed by atoms with van der Waals surface area (Å²) in [7, 11) is 1.64. The number of amides is 2. The molecule has 2 aromatic rings. The minimum atomic E-state index is -4.69. The third-order valence-corrected chi connectivity index (χ3v) is 6.31. The van der Waals surface area contributed by atoms with Crippen LogP contribution in [0, 0.1) is 0 Å². The molecule has 1 unspecified atom stereocenters. The van der Waals surface area contributed by atoms with Crippen LogP contribution in [0.2, 0.25) is 5.02 Å². The van der Waals surface area contributed by atoms with Gasteiger partial charge in [-0.3, -0.25) is 14.6 Å². The number of halogens is 4. The van der Waals surface area contributed by atoms with E-state index < -0.39 is 28.7 Å². The molecule has 14 heteroatoms. The Kier molecular flexibility index (Phi) is 8.81. The van der Waals surface area contributed by atoms with Crippen LogP contribution in [-0.2, 0) is 15.7 Å². The number of ether oxygens (including phenoxy) is 1. The second-order valence-electron chi connectivity index (χ2n) is 7.31. The van der Waals surface area contributed by atoms with Gasteiger partial charge in [-0.15, -0.1) is 11.3 Å². The van der Waals surface area contributed by atoms with Gasteiger partial charge in [0, 0.05) is 32.4 Å². The van der Waals surface area contributed by atoms with Gasteiger partial charge in [-0.25, -0.2) is 9.97 Å². The van der Waals surface area contributed by atoms with Gasteiger partial charge in [0.05, 0.1) is 36.0 Å². The van der Waals surface area contributed by atoms with Crippen molar-refractivity contribution in [2.24, 2.45) is 4.99 Å². The lowest BCUT2D eigenvalue weighted by molar-refractivity contribution is -0.137. The van der Waals surface area contributed by atoms with Crippen LogP contribution in [0.15, 0.2) is 35.6 Å². The van der Waals surface area contributed by atoms with Crippen molar-refractivity contribution in [2.45, 2.75) is 19.1 Å². The summed E-state index contributed by atoms with van der Waals surface area (Å²) in [5.74, 6) is -0.710. The second-order valence-corrected chi connectivity index (χ2v) is 8.78. The molecular weight excluding hydrogens is 509 g/mol. The summed E-state index contributed by atoms with van der Waals surface area (Å²) in [6.45, 7) is 4.24. The number of pyridine rings is 1. The molecule has 1 aliphatic heterocycles. The van der Waals surface area contributed by atoms with Gasteiger partial charge in [0.15, 0.2) is 0 Å². The zero-order chi connectivity index (χ0) is 25.6. The number of aromatic nitrogens is 2. The molecule has 1 aliphatic rings. The Labute approximate surface area is 208 Å². The van der Waals surface area contributed by atoms with Crippen molar-refractivity contribution >= 4 is 46.4 Å². The molecule has 35 heavy (non-hydrogen) atoms. The minimum Gasteiger partial charge on any atom is -0.378 e. The van der Waals surface area contributed by atoms with Crippen LogP contribution >= 0.6 is 22.9 Å². The van der Waals surface area contributed by atoms with Gasteiger partial charge in [-0.2, -0.15) is 13.2 Å². The van der Waals surface area contributed by atoms with Crippen LogP contribution in [0.4, 0.5) is 19.0 Å². The molecule has 0 saturated carbocycles. The van der Waals surface area contributed by atoms with E-state index >= 15 is 0 Å². The van der Waals surface area contributed by atoms with E-state index in [1.807, 2.05) is 4.90 Å². The SMILES string of the molecule is CN=C(/C=C/C(=O)NC(C)c1ncc(C(=O)Nc2cc(C(F)(F)F)c(Cl)cn2)s1)N1CCOCC1. The standard InChI is InChI=1S/C21H22ClF3N6O3S/c1-12(29-18(32)4-3-17(26-2)31-5-7-34-8-6-31)20-28-11-15(35-20)19(33)30-16-9-13(21(23,24)25)14(22)10-27-16/h3-4,9-12H,5-8H2,1-2H3,(H,29,32)(H,27,30,33)/b4-3+,26-17?. The van der Waals surface area contributed by atoms with Gasteiger partial charge in [-0.1, -0.05) is 11.6 Å². The van der Waals surface area contributed by atoms with E-state index in [9.17, 15) is 22.8 Å². The maximum Gasteiger partial charge on any atom is 0.418 e. The van der Waals surface area contributed by atoms with Crippen LogP contribution in [-0.4, -0.2) is 65.9 Å². The molecule has 1 atom stereocenters. The normalized spacial score (nSPS) is 15.8. The van der Waals surface area contributed by atoms with E-state index in [0.717, 1.165) is 17.5 Å². The topological polar surface area (TPSA) is 109 Å². The Morgan fingerprint density at radius 3 is 2.63 bits per heavy atom. The lowest BCUT2D eigenvalue weighted by atomic mass is 10.2. The highest BCUT2D eigenvalue weighted by Gasteiger charge is 2.34. The highest BCUT2D eigenvalue weighted by atomic mass is 35.5. The average molecular weight is 531 g/mol. The summed E-state index contributed by atoms with van der Waals surface area (Å²) in [4.78, 5) is 39.0. The lowest BCUT2D eigenvalue weighted by Crippen LogP contribution is -2.40. The minimum absolute atomic E-state index is 0.134. The van der Waals surface area contributed by atoms with Gasteiger partial charge in [0.2, 0.25) is 5.91 Å². The molecular formula is C21H22ClF3N6O3S. The Balaban J connectivity index is 1.59. The van der Waals surface area contributed by atoms with Crippen LogP contribution in [0.5, 0.6) is 0 Å². The first-order chi connectivity index (χ1) is 16.6. The van der Waals surface area contributed by atoms with Crippen LogP contribution in [0.1, 0.15) is 33.2 Å². The molecule has 0 spiro atoms. The number of amidine groups is 1. The molecule has 2 N–H and O–H groups in total. The van der Waals surface area contributed by atoms with Crippen molar-refractivity contribution in [2.75, 3.05) is 38.7 Å². The highest BCUT2D eigenvalue weighted by molar-refractivity contribution is 7.13. The van der Waals surface area contributed by atoms with Crippen molar-refractivity contribution in [1.29, 1.82) is 0 Å². The number of aliphatic imine (C=N–C) groups is 1. The van der Waals surface area contributed by atoms with Crippen molar-refractivity contribution in [3.8, 4) is 0 Å². The summed E-state index contributed by atoms with van der Waals surface area (Å²) in [5.41, 5.74) is -1.11. The van der Waals surface area contributed by atoms with Crippen molar-refractivity contribution in [1.82, 2.24) is 20.2 Å². The first-order valence-corrected chi connectivity index (χ1v) is 11.6. The smallest absolute Gasteiger partial charge is 0.378 e. The number of carbonyl (C=O) groups is 2. The Morgan fingerprint density at radius 1 is 1.26 bits per heavy atom. The number of morpholine rings is 1. The number of anilines is 1. The molecule has 2 amide bonds. The number of nitrogens with one attached hydrogen (secondary N) is 2. The van der Waals surface area contributed by atoms with Crippen LogP contribution in [0.25, 0.3) is 0 Å². The van der Waals surface area contributed by atoms with Crippen molar-refractivity contribution < 1.29 is 27.5 Å². The number of carbonyl (C=O) groups excluding carboxylic acids is 2. The third-order valence-electron chi connectivity index (χ3n) is 4.83. The molecule has 188 valence electrons. The Morgan fingerprint density at radius 2 is 1.97 bits per heavy atom. The number of hydrogen-bond acceptors (Lipinski definition) is 7. The summed E-state index contributed by atoms with van der Waals surface area (Å²) in [6.07, 6.45) is 0.374. The van der Waals surface area contributed by atoms with E-state index in [0.29, 0.717) is 43.2 Å². The van der Waals surface area contributed by atoms with Crippen LogP contribution < -0.4 is 10.6 Å². The van der Waals surface area contributed by atoms with E-state index in [1.165, 1.54) is 12.3 Å². The van der Waals surface area contributed by atoms with Crippen molar-refractivity contribution in [3.05, 3.63) is 51.1 Å². The monoisotopic (exact) mass is 530 g/mol. The maximum absolute atomic E-state index is 13.0. The Bertz CT molecular complexity index is 1130. The second kappa shape index (κ2) is 11.6. The summed E-state index contributed by atoms with van der Waals surface area (Å²) in [5, 5.41) is 4.92. The Hall–Kier alpha value is -3.03. The summed E-state index contributed by atoms with van der Waals surface area (Å²) in [6, 6.07) is 0.136. The van der Waals surface area contributed by atoms with E-state index in [4.69, 9.17) is 16.3 Å². The quantitative estimate of drug-likeness (QED) is 0.336. The third kappa shape index (κ3) is 7.23. The van der Waals surface area contributed by atoms with E-state index in [1.54, 1.807) is 20.0 Å². The number of hydrogen-bond donors (Lipinski definition) is 2. The maximum atomic E-state index is 13.0. The van der Waals surface area contributed by atoms with E-state index in [2.05, 4.69) is 25.6 Å². The highest BCUT2D eigenvalue weighted by Crippen LogP contribution is 2.35. The zero-order valence-corrected chi connectivity index (χ0v) is 20.3. The van der Waals surface area contributed by atoms with Gasteiger partial charge in [-0.05, 0) is 19.1 Å². The molecule has 1 fully saturated rings. The zero-order valence-electron chi connectivity index (χ0n) is 18.7. The average Bonchev–Trinajstić information content (AvgIpc) is 3.31. The largest absolute Gasteiger partial charge is 0.418 e. The molecule has 3 heterocycles. The predicted octanol–water partition coefficient (Wildman–Crippen LogP) is 3.56. The molecule has 0 aromatic carbocycles. The fourth-order valence-electron chi connectivity index (χ4n) is 3.08. The van der Waals surface area contributed by atoms with Gasteiger partial charge >= 0.3 is 6.18 Å². The first-order valence-electron chi connectivity index (χ1n) is 10.4. The van der Waals surface area contributed by atoms with Crippen molar-refractivity contribution in [3.63, 3.8) is 0 Å². The molecule has 1 saturated heterocycles. The number of rotatable bonds is 6. The van der Waals surface area contributed by atoms with Gasteiger partial charge in [0.25, 0.3) is 5.91 Å². The molecule has 0 radical (unpaired) electrons. The number of alkyl halides is 3. The molecule has 2 aromatic heterocycles. The molecule has 0 bridgehead atoms.